The van der Waals surface area contributed by atoms with E-state index >= 15 is 0 Å². The topological polar surface area (TPSA) is 49.3 Å². The minimum Gasteiger partial charge on any atom is -0.396 e. The number of benzene rings is 1. The van der Waals surface area contributed by atoms with Crippen molar-refractivity contribution in [3.63, 3.8) is 0 Å². The molecule has 0 saturated heterocycles. The maximum Gasteiger partial charge on any atom is 0.251 e. The van der Waals surface area contributed by atoms with Crippen LogP contribution < -0.4 is 5.32 Å². The smallest absolute Gasteiger partial charge is 0.251 e. The van der Waals surface area contributed by atoms with Crippen LogP contribution in [-0.2, 0) is 0 Å². The summed E-state index contributed by atoms with van der Waals surface area (Å²) in [4.78, 5) is 11.9. The van der Waals surface area contributed by atoms with Gasteiger partial charge >= 0.3 is 0 Å². The second-order valence-corrected chi connectivity index (χ2v) is 4.66. The molecule has 1 fully saturated rings. The molecule has 1 saturated carbocycles. The van der Waals surface area contributed by atoms with Gasteiger partial charge in [-0.15, -0.1) is 0 Å². The van der Waals surface area contributed by atoms with E-state index < -0.39 is 0 Å². The van der Waals surface area contributed by atoms with Gasteiger partial charge in [-0.25, -0.2) is 0 Å². The second kappa shape index (κ2) is 4.26. The van der Waals surface area contributed by atoms with Gasteiger partial charge in [0.1, 0.15) is 0 Å². The number of amides is 1. The zero-order valence-corrected chi connectivity index (χ0v) is 9.49. The number of carbonyl (C=O) groups excluding carboxylic acids is 1. The lowest BCUT2D eigenvalue weighted by Crippen LogP contribution is -2.32. The van der Waals surface area contributed by atoms with Crippen LogP contribution in [0, 0.1) is 12.3 Å². The van der Waals surface area contributed by atoms with E-state index in [0.29, 0.717) is 6.54 Å². The summed E-state index contributed by atoms with van der Waals surface area (Å²) in [5, 5.41) is 12.0. The van der Waals surface area contributed by atoms with Gasteiger partial charge in [-0.05, 0) is 31.4 Å². The molecule has 86 valence electrons. The molecule has 2 rings (SSSR count). The Morgan fingerprint density at radius 2 is 2.12 bits per heavy atom. The minimum atomic E-state index is -0.0437. The van der Waals surface area contributed by atoms with Crippen LogP contribution in [0.4, 0.5) is 0 Å². The maximum absolute atomic E-state index is 11.9. The van der Waals surface area contributed by atoms with E-state index in [1.54, 1.807) is 0 Å². The standard InChI is InChI=1S/C13H17NO2/c1-10-4-2-3-5-11(10)12(16)14-8-13(9-15)6-7-13/h2-5,15H,6-9H2,1H3,(H,14,16). The molecule has 0 atom stereocenters. The maximum atomic E-state index is 11.9. The second-order valence-electron chi connectivity index (χ2n) is 4.66. The van der Waals surface area contributed by atoms with Crippen molar-refractivity contribution in [1.29, 1.82) is 0 Å². The van der Waals surface area contributed by atoms with Crippen molar-refractivity contribution in [2.75, 3.05) is 13.2 Å². The molecule has 1 aromatic carbocycles. The molecule has 2 N–H and O–H groups in total. The number of aliphatic hydroxyl groups is 1. The van der Waals surface area contributed by atoms with Gasteiger partial charge in [-0.2, -0.15) is 0 Å². The van der Waals surface area contributed by atoms with Gasteiger partial charge in [0, 0.05) is 17.5 Å². The minimum absolute atomic E-state index is 0.0294. The van der Waals surface area contributed by atoms with Crippen LogP contribution >= 0.6 is 0 Å². The summed E-state index contributed by atoms with van der Waals surface area (Å²) in [5.74, 6) is -0.0437. The van der Waals surface area contributed by atoms with Crippen molar-refractivity contribution < 1.29 is 9.90 Å². The third-order valence-electron chi connectivity index (χ3n) is 3.31. The van der Waals surface area contributed by atoms with Gasteiger partial charge in [0.15, 0.2) is 0 Å². The first-order valence-electron chi connectivity index (χ1n) is 5.62. The molecule has 1 aromatic rings. The van der Waals surface area contributed by atoms with Crippen LogP contribution in [0.1, 0.15) is 28.8 Å². The molecule has 3 nitrogen and oxygen atoms in total. The predicted molar refractivity (Wildman–Crippen MR) is 62.3 cm³/mol. The molecular formula is C13H17NO2. The van der Waals surface area contributed by atoms with Crippen LogP contribution in [0.3, 0.4) is 0 Å². The Hall–Kier alpha value is -1.35. The van der Waals surface area contributed by atoms with Gasteiger partial charge in [0.05, 0.1) is 6.61 Å². The first-order valence-corrected chi connectivity index (χ1v) is 5.62. The van der Waals surface area contributed by atoms with Crippen LogP contribution in [0.15, 0.2) is 24.3 Å². The lowest BCUT2D eigenvalue weighted by Gasteiger charge is -2.13. The lowest BCUT2D eigenvalue weighted by atomic mass is 10.1. The molecule has 16 heavy (non-hydrogen) atoms. The van der Waals surface area contributed by atoms with Gasteiger partial charge < -0.3 is 10.4 Å². The Balaban J connectivity index is 1.96. The van der Waals surface area contributed by atoms with Crippen LogP contribution in [0.25, 0.3) is 0 Å². The largest absolute Gasteiger partial charge is 0.396 e. The number of rotatable bonds is 4. The number of aliphatic hydroxyl groups excluding tert-OH is 1. The summed E-state index contributed by atoms with van der Waals surface area (Å²) in [7, 11) is 0. The zero-order valence-electron chi connectivity index (χ0n) is 9.49. The molecule has 0 bridgehead atoms. The first kappa shape index (κ1) is 11.1. The Morgan fingerprint density at radius 1 is 1.44 bits per heavy atom. The van der Waals surface area contributed by atoms with E-state index in [2.05, 4.69) is 5.32 Å². The van der Waals surface area contributed by atoms with Gasteiger partial charge in [-0.1, -0.05) is 18.2 Å². The zero-order chi connectivity index (χ0) is 11.6. The fourth-order valence-electron chi connectivity index (χ4n) is 1.76. The molecule has 0 aliphatic heterocycles. The normalized spacial score (nSPS) is 16.9. The third kappa shape index (κ3) is 2.25. The highest BCUT2D eigenvalue weighted by Gasteiger charge is 2.42. The summed E-state index contributed by atoms with van der Waals surface area (Å²) >= 11 is 0. The SMILES string of the molecule is Cc1ccccc1C(=O)NCC1(CO)CC1. The Labute approximate surface area is 95.5 Å². The summed E-state index contributed by atoms with van der Waals surface area (Å²) in [6.07, 6.45) is 2.02. The van der Waals surface area contributed by atoms with E-state index in [0.717, 1.165) is 24.0 Å². The Kier molecular flexibility index (Phi) is 2.97. The van der Waals surface area contributed by atoms with Crippen LogP contribution in [0.5, 0.6) is 0 Å². The molecular weight excluding hydrogens is 202 g/mol. The lowest BCUT2D eigenvalue weighted by molar-refractivity contribution is 0.0934. The molecule has 1 aliphatic carbocycles. The molecule has 0 spiro atoms. The van der Waals surface area contributed by atoms with Crippen molar-refractivity contribution >= 4 is 5.91 Å². The molecule has 0 radical (unpaired) electrons. The number of hydrogen-bond acceptors (Lipinski definition) is 2. The van der Waals surface area contributed by atoms with Gasteiger partial charge in [0.25, 0.3) is 5.91 Å². The fourth-order valence-corrected chi connectivity index (χ4v) is 1.76. The van der Waals surface area contributed by atoms with Crippen molar-refractivity contribution in [1.82, 2.24) is 5.32 Å². The summed E-state index contributed by atoms with van der Waals surface area (Å²) in [5.41, 5.74) is 1.67. The Bertz CT molecular complexity index is 397. The van der Waals surface area contributed by atoms with Crippen molar-refractivity contribution in [3.8, 4) is 0 Å². The monoisotopic (exact) mass is 219 g/mol. The molecule has 1 aliphatic rings. The fraction of sp³-hybridized carbons (Fsp3) is 0.462. The summed E-state index contributed by atoms with van der Waals surface area (Å²) in [6.45, 7) is 2.67. The van der Waals surface area contributed by atoms with Crippen LogP contribution in [0.2, 0.25) is 0 Å². The van der Waals surface area contributed by atoms with Gasteiger partial charge in [0.2, 0.25) is 0 Å². The number of hydrogen-bond donors (Lipinski definition) is 2. The number of nitrogens with one attached hydrogen (secondary N) is 1. The summed E-state index contributed by atoms with van der Waals surface area (Å²) in [6, 6.07) is 7.53. The highest BCUT2D eigenvalue weighted by Crippen LogP contribution is 2.44. The van der Waals surface area contributed by atoms with Gasteiger partial charge in [-0.3, -0.25) is 4.79 Å². The predicted octanol–water partition coefficient (Wildman–Crippen LogP) is 1.50. The number of carbonyl (C=O) groups is 1. The highest BCUT2D eigenvalue weighted by molar-refractivity contribution is 5.95. The average molecular weight is 219 g/mol. The van der Waals surface area contributed by atoms with Crippen molar-refractivity contribution in [2.45, 2.75) is 19.8 Å². The van der Waals surface area contributed by atoms with E-state index in [1.165, 1.54) is 0 Å². The molecule has 0 heterocycles. The number of aryl methyl sites for hydroxylation is 1. The molecule has 1 amide bonds. The van der Waals surface area contributed by atoms with E-state index in [1.807, 2.05) is 31.2 Å². The first-order chi connectivity index (χ1) is 7.67. The van der Waals surface area contributed by atoms with Crippen LogP contribution in [-0.4, -0.2) is 24.2 Å². The summed E-state index contributed by atoms with van der Waals surface area (Å²) < 4.78 is 0. The highest BCUT2D eigenvalue weighted by atomic mass is 16.3. The van der Waals surface area contributed by atoms with E-state index in [9.17, 15) is 4.79 Å². The van der Waals surface area contributed by atoms with Crippen molar-refractivity contribution in [3.05, 3.63) is 35.4 Å². The molecule has 0 unspecified atom stereocenters. The van der Waals surface area contributed by atoms with Crippen molar-refractivity contribution in [2.24, 2.45) is 5.41 Å². The quantitative estimate of drug-likeness (QED) is 0.806. The van der Waals surface area contributed by atoms with E-state index in [-0.39, 0.29) is 17.9 Å². The third-order valence-corrected chi connectivity index (χ3v) is 3.31. The van der Waals surface area contributed by atoms with E-state index in [4.69, 9.17) is 5.11 Å². The average Bonchev–Trinajstić information content (AvgIpc) is 3.07. The molecule has 0 aromatic heterocycles. The molecule has 3 heteroatoms. The Morgan fingerprint density at radius 3 is 2.69 bits per heavy atom.